The normalized spacial score (nSPS) is 22.5. The van der Waals surface area contributed by atoms with Gasteiger partial charge in [0.15, 0.2) is 6.54 Å². The molecule has 0 spiro atoms. The Kier molecular flexibility index (Phi) is 5.47. The fraction of sp³-hybridized carbons (Fsp3) is 0.421. The van der Waals surface area contributed by atoms with Gasteiger partial charge in [0, 0.05) is 4.88 Å². The number of hydrogen-bond donors (Lipinski definition) is 2. The maximum absolute atomic E-state index is 12.6. The molecule has 3 nitrogen and oxygen atoms in total. The number of carbonyl (C=O) groups is 1. The zero-order chi connectivity index (χ0) is 16.1. The molecule has 3 atom stereocenters. The molecule has 2 aromatic rings. The summed E-state index contributed by atoms with van der Waals surface area (Å²) in [4.78, 5) is 15.2. The molecule has 1 saturated heterocycles. The van der Waals surface area contributed by atoms with Crippen molar-refractivity contribution in [2.75, 3.05) is 13.1 Å². The third kappa shape index (κ3) is 4.21. The van der Waals surface area contributed by atoms with E-state index in [1.54, 1.807) is 11.3 Å². The van der Waals surface area contributed by atoms with Crippen molar-refractivity contribution < 1.29 is 9.69 Å². The summed E-state index contributed by atoms with van der Waals surface area (Å²) in [6.07, 6.45) is 3.77. The van der Waals surface area contributed by atoms with Crippen LogP contribution in [0.3, 0.4) is 0 Å². The third-order valence-electron chi connectivity index (χ3n) is 4.74. The lowest BCUT2D eigenvalue weighted by atomic mass is 10.0. The van der Waals surface area contributed by atoms with Gasteiger partial charge in [0.05, 0.1) is 18.6 Å². The van der Waals surface area contributed by atoms with Crippen LogP contribution >= 0.6 is 11.3 Å². The number of piperidine rings is 1. The first-order valence-electron chi connectivity index (χ1n) is 8.46. The molecule has 1 aliphatic heterocycles. The molecule has 4 heteroatoms. The molecule has 122 valence electrons. The van der Waals surface area contributed by atoms with Crippen LogP contribution in [0, 0.1) is 0 Å². The summed E-state index contributed by atoms with van der Waals surface area (Å²) >= 11 is 1.69. The van der Waals surface area contributed by atoms with Crippen molar-refractivity contribution in [1.82, 2.24) is 5.32 Å². The maximum atomic E-state index is 12.6. The SMILES string of the molecule is C[C@H]1CCCC[NH+]1CC(=O)N[C@@H](c1ccccc1)c1cccs1. The van der Waals surface area contributed by atoms with Gasteiger partial charge in [-0.1, -0.05) is 36.4 Å². The van der Waals surface area contributed by atoms with Crippen LogP contribution in [-0.2, 0) is 4.79 Å². The molecule has 1 aliphatic rings. The predicted molar refractivity (Wildman–Crippen MR) is 94.8 cm³/mol. The van der Waals surface area contributed by atoms with E-state index in [9.17, 15) is 4.79 Å². The molecule has 1 unspecified atom stereocenters. The van der Waals surface area contributed by atoms with Crippen molar-refractivity contribution in [3.63, 3.8) is 0 Å². The maximum Gasteiger partial charge on any atom is 0.275 e. The van der Waals surface area contributed by atoms with Crippen molar-refractivity contribution in [3.8, 4) is 0 Å². The molecular weight excluding hydrogens is 304 g/mol. The Labute approximate surface area is 142 Å². The summed E-state index contributed by atoms with van der Waals surface area (Å²) in [5, 5.41) is 5.32. The Morgan fingerprint density at radius 2 is 2.09 bits per heavy atom. The molecule has 2 N–H and O–H groups in total. The van der Waals surface area contributed by atoms with E-state index in [4.69, 9.17) is 0 Å². The minimum atomic E-state index is -0.0387. The summed E-state index contributed by atoms with van der Waals surface area (Å²) < 4.78 is 0. The largest absolute Gasteiger partial charge is 0.339 e. The number of likely N-dealkylation sites (tertiary alicyclic amines) is 1. The smallest absolute Gasteiger partial charge is 0.275 e. The standard InChI is InChI=1S/C19H24N2OS/c1-15-8-5-6-12-21(15)14-18(22)20-19(17-11-7-13-23-17)16-9-3-2-4-10-16/h2-4,7,9-11,13,15,19H,5-6,8,12,14H2,1H3,(H,20,22)/p+1/t15-,19-/m0/s1. The highest BCUT2D eigenvalue weighted by atomic mass is 32.1. The fourth-order valence-electron chi connectivity index (χ4n) is 3.35. The van der Waals surface area contributed by atoms with E-state index in [1.165, 1.54) is 29.0 Å². The molecule has 1 aromatic heterocycles. The summed E-state index contributed by atoms with van der Waals surface area (Å²) in [5.41, 5.74) is 1.14. The zero-order valence-electron chi connectivity index (χ0n) is 13.6. The summed E-state index contributed by atoms with van der Waals surface area (Å²) in [5.74, 6) is 0.149. The molecular formula is C19H25N2OS+. The predicted octanol–water partition coefficient (Wildman–Crippen LogP) is 2.41. The number of hydrogen-bond acceptors (Lipinski definition) is 2. The van der Waals surface area contributed by atoms with Gasteiger partial charge in [0.2, 0.25) is 0 Å². The fourth-order valence-corrected chi connectivity index (χ4v) is 4.16. The second kappa shape index (κ2) is 7.75. The van der Waals surface area contributed by atoms with Crippen LogP contribution in [-0.4, -0.2) is 25.0 Å². The Balaban J connectivity index is 1.70. The van der Waals surface area contributed by atoms with Crippen molar-refractivity contribution in [2.45, 2.75) is 38.3 Å². The quantitative estimate of drug-likeness (QED) is 0.868. The Morgan fingerprint density at radius 3 is 2.78 bits per heavy atom. The first kappa shape index (κ1) is 16.2. The lowest BCUT2D eigenvalue weighted by Gasteiger charge is -2.30. The summed E-state index contributed by atoms with van der Waals surface area (Å²) in [7, 11) is 0. The van der Waals surface area contributed by atoms with Gasteiger partial charge in [-0.25, -0.2) is 0 Å². The van der Waals surface area contributed by atoms with E-state index in [0.29, 0.717) is 12.6 Å². The molecule has 1 aromatic carbocycles. The van der Waals surface area contributed by atoms with E-state index in [0.717, 1.165) is 12.1 Å². The number of rotatable bonds is 5. The second-order valence-electron chi connectivity index (χ2n) is 6.41. The van der Waals surface area contributed by atoms with Crippen molar-refractivity contribution in [1.29, 1.82) is 0 Å². The van der Waals surface area contributed by atoms with E-state index in [-0.39, 0.29) is 11.9 Å². The van der Waals surface area contributed by atoms with Crippen LogP contribution in [0.25, 0.3) is 0 Å². The van der Waals surface area contributed by atoms with Gasteiger partial charge in [-0.2, -0.15) is 0 Å². The molecule has 0 radical (unpaired) electrons. The van der Waals surface area contributed by atoms with E-state index in [2.05, 4.69) is 35.8 Å². The molecule has 1 amide bonds. The number of quaternary nitrogens is 1. The van der Waals surface area contributed by atoms with Crippen LogP contribution in [0.5, 0.6) is 0 Å². The number of carbonyl (C=O) groups excluding carboxylic acids is 1. The van der Waals surface area contributed by atoms with Crippen LogP contribution in [0.2, 0.25) is 0 Å². The molecule has 0 saturated carbocycles. The number of nitrogens with one attached hydrogen (secondary N) is 2. The van der Waals surface area contributed by atoms with Crippen LogP contribution in [0.15, 0.2) is 47.8 Å². The highest BCUT2D eigenvalue weighted by Crippen LogP contribution is 2.25. The highest BCUT2D eigenvalue weighted by molar-refractivity contribution is 7.10. The Morgan fingerprint density at radius 1 is 1.26 bits per heavy atom. The van der Waals surface area contributed by atoms with Gasteiger partial charge in [0.1, 0.15) is 0 Å². The first-order valence-corrected chi connectivity index (χ1v) is 9.34. The third-order valence-corrected chi connectivity index (χ3v) is 5.67. The first-order chi connectivity index (χ1) is 11.2. The Bertz CT molecular complexity index is 612. The number of benzene rings is 1. The van der Waals surface area contributed by atoms with Gasteiger partial charge in [0.25, 0.3) is 5.91 Å². The number of thiophene rings is 1. The number of amides is 1. The molecule has 0 aliphatic carbocycles. The van der Waals surface area contributed by atoms with Gasteiger partial charge in [-0.15, -0.1) is 11.3 Å². The van der Waals surface area contributed by atoms with Gasteiger partial charge in [-0.3, -0.25) is 4.79 Å². The average Bonchev–Trinajstić information content (AvgIpc) is 3.10. The lowest BCUT2D eigenvalue weighted by molar-refractivity contribution is -0.921. The van der Waals surface area contributed by atoms with Crippen LogP contribution in [0.1, 0.15) is 42.7 Å². The monoisotopic (exact) mass is 329 g/mol. The molecule has 1 fully saturated rings. The van der Waals surface area contributed by atoms with Crippen LogP contribution in [0.4, 0.5) is 0 Å². The highest BCUT2D eigenvalue weighted by Gasteiger charge is 2.26. The second-order valence-corrected chi connectivity index (χ2v) is 7.39. The average molecular weight is 329 g/mol. The van der Waals surface area contributed by atoms with Crippen molar-refractivity contribution >= 4 is 17.2 Å². The molecule has 23 heavy (non-hydrogen) atoms. The van der Waals surface area contributed by atoms with E-state index >= 15 is 0 Å². The van der Waals surface area contributed by atoms with E-state index in [1.807, 2.05) is 24.3 Å². The van der Waals surface area contributed by atoms with Gasteiger partial charge >= 0.3 is 0 Å². The van der Waals surface area contributed by atoms with Crippen molar-refractivity contribution in [2.24, 2.45) is 0 Å². The van der Waals surface area contributed by atoms with Gasteiger partial charge in [-0.05, 0) is 43.2 Å². The van der Waals surface area contributed by atoms with E-state index < -0.39 is 0 Å². The van der Waals surface area contributed by atoms with Crippen molar-refractivity contribution in [3.05, 3.63) is 58.3 Å². The topological polar surface area (TPSA) is 33.5 Å². The minimum absolute atomic E-state index is 0.0387. The van der Waals surface area contributed by atoms with Crippen LogP contribution < -0.4 is 10.2 Å². The molecule has 0 bridgehead atoms. The lowest BCUT2D eigenvalue weighted by Crippen LogP contribution is -3.17. The Hall–Kier alpha value is -1.65. The molecule has 3 rings (SSSR count). The van der Waals surface area contributed by atoms with Gasteiger partial charge < -0.3 is 10.2 Å². The zero-order valence-corrected chi connectivity index (χ0v) is 14.4. The summed E-state index contributed by atoms with van der Waals surface area (Å²) in [6.45, 7) is 3.95. The molecule has 2 heterocycles. The summed E-state index contributed by atoms with van der Waals surface area (Å²) in [6, 6.07) is 14.9. The minimum Gasteiger partial charge on any atom is -0.339 e.